The molecule has 0 rings (SSSR count). The number of carbonyl (C=O) groups is 3. The van der Waals surface area contributed by atoms with Crippen LogP contribution in [0, 0.1) is 0 Å². The van der Waals surface area contributed by atoms with Crippen molar-refractivity contribution in [3.05, 3.63) is 0 Å². The van der Waals surface area contributed by atoms with Gasteiger partial charge in [0.1, 0.15) is 6.61 Å². The maximum atomic E-state index is 11.1. The molecule has 0 radical (unpaired) electrons. The van der Waals surface area contributed by atoms with Crippen molar-refractivity contribution < 1.29 is 24.2 Å². The fourth-order valence-electron chi connectivity index (χ4n) is 0.733. The van der Waals surface area contributed by atoms with Gasteiger partial charge in [-0.05, 0) is 20.8 Å². The first kappa shape index (κ1) is 14.4. The first-order valence-corrected chi connectivity index (χ1v) is 4.77. The Balaban J connectivity index is 3.83. The lowest BCUT2D eigenvalue weighted by Crippen LogP contribution is -2.44. The molecule has 0 heterocycles. The highest BCUT2D eigenvalue weighted by Crippen LogP contribution is 1.89. The number of aliphatic carboxylic acids is 1. The van der Waals surface area contributed by atoms with E-state index in [0.717, 1.165) is 0 Å². The Morgan fingerprint density at radius 2 is 1.81 bits per heavy atom. The summed E-state index contributed by atoms with van der Waals surface area (Å²) in [5, 5.41) is 12.9. The lowest BCUT2D eigenvalue weighted by Gasteiger charge is -2.10. The van der Waals surface area contributed by atoms with Crippen LogP contribution in [0.4, 0.5) is 4.79 Å². The summed E-state index contributed by atoms with van der Waals surface area (Å²) in [5.41, 5.74) is 0. The fourth-order valence-corrected chi connectivity index (χ4v) is 0.733. The molecular weight excluding hydrogens is 216 g/mol. The highest BCUT2D eigenvalue weighted by molar-refractivity contribution is 5.95. The summed E-state index contributed by atoms with van der Waals surface area (Å²) in [6, 6.07) is -0.724. The van der Waals surface area contributed by atoms with Crippen molar-refractivity contribution in [2.24, 2.45) is 0 Å². The molecule has 0 saturated carbocycles. The molecule has 0 aromatic rings. The van der Waals surface area contributed by atoms with Gasteiger partial charge in [0.15, 0.2) is 6.10 Å². The zero-order valence-corrected chi connectivity index (χ0v) is 9.44. The number of carbonyl (C=O) groups excluding carboxylic acids is 2. The van der Waals surface area contributed by atoms with Gasteiger partial charge in [-0.2, -0.15) is 0 Å². The molecule has 0 fully saturated rings. The molecular formula is C9H16N2O5. The van der Waals surface area contributed by atoms with E-state index in [1.54, 1.807) is 13.8 Å². The number of nitrogens with one attached hydrogen (secondary N) is 2. The number of hydrogen-bond acceptors (Lipinski definition) is 4. The minimum Gasteiger partial charge on any atom is -0.479 e. The lowest BCUT2D eigenvalue weighted by atomic mass is 10.4. The smallest absolute Gasteiger partial charge is 0.332 e. The molecule has 0 bridgehead atoms. The van der Waals surface area contributed by atoms with Gasteiger partial charge in [0.25, 0.3) is 5.91 Å². The third kappa shape index (κ3) is 6.77. The Morgan fingerprint density at radius 1 is 1.25 bits per heavy atom. The lowest BCUT2D eigenvalue weighted by molar-refractivity contribution is -0.150. The van der Waals surface area contributed by atoms with E-state index in [2.05, 4.69) is 10.1 Å². The van der Waals surface area contributed by atoms with Crippen molar-refractivity contribution in [2.45, 2.75) is 32.9 Å². The fraction of sp³-hybridized carbons (Fsp3) is 0.667. The van der Waals surface area contributed by atoms with Crippen LogP contribution in [-0.2, 0) is 14.3 Å². The molecule has 3 N–H and O–H groups in total. The van der Waals surface area contributed by atoms with Crippen molar-refractivity contribution in [1.82, 2.24) is 10.6 Å². The van der Waals surface area contributed by atoms with Gasteiger partial charge in [-0.3, -0.25) is 10.1 Å². The number of ether oxygens (including phenoxy) is 1. The molecule has 3 amide bonds. The van der Waals surface area contributed by atoms with Crippen LogP contribution < -0.4 is 10.6 Å². The largest absolute Gasteiger partial charge is 0.479 e. The predicted molar refractivity (Wildman–Crippen MR) is 54.9 cm³/mol. The highest BCUT2D eigenvalue weighted by atomic mass is 16.5. The summed E-state index contributed by atoms with van der Waals surface area (Å²) < 4.78 is 4.68. The van der Waals surface area contributed by atoms with E-state index in [1.807, 2.05) is 5.32 Å². The molecule has 0 unspecified atom stereocenters. The summed E-state index contributed by atoms with van der Waals surface area (Å²) in [5.74, 6) is -1.86. The summed E-state index contributed by atoms with van der Waals surface area (Å²) in [6.45, 7) is 4.31. The van der Waals surface area contributed by atoms with Gasteiger partial charge in [-0.25, -0.2) is 9.59 Å². The summed E-state index contributed by atoms with van der Waals surface area (Å²) in [4.78, 5) is 32.4. The molecule has 16 heavy (non-hydrogen) atoms. The van der Waals surface area contributed by atoms with Crippen LogP contribution in [0.15, 0.2) is 0 Å². The van der Waals surface area contributed by atoms with Gasteiger partial charge in [-0.1, -0.05) is 0 Å². The van der Waals surface area contributed by atoms with E-state index in [4.69, 9.17) is 5.11 Å². The Hall–Kier alpha value is -1.63. The van der Waals surface area contributed by atoms with Crippen LogP contribution in [0.5, 0.6) is 0 Å². The van der Waals surface area contributed by atoms with Gasteiger partial charge in [0.05, 0.1) is 0 Å². The highest BCUT2D eigenvalue weighted by Gasteiger charge is 2.14. The predicted octanol–water partition coefficient (Wildman–Crippen LogP) is -0.290. The Labute approximate surface area is 93.2 Å². The third-order valence-electron chi connectivity index (χ3n) is 1.48. The molecule has 0 spiro atoms. The zero-order chi connectivity index (χ0) is 12.7. The van der Waals surface area contributed by atoms with Gasteiger partial charge in [-0.15, -0.1) is 0 Å². The molecule has 0 aliphatic rings. The van der Waals surface area contributed by atoms with Crippen molar-refractivity contribution >= 4 is 17.9 Å². The van der Waals surface area contributed by atoms with Crippen LogP contribution in [0.3, 0.4) is 0 Å². The maximum absolute atomic E-state index is 11.1. The van der Waals surface area contributed by atoms with Crippen LogP contribution in [-0.4, -0.2) is 41.8 Å². The van der Waals surface area contributed by atoms with Crippen LogP contribution in [0.25, 0.3) is 0 Å². The topological polar surface area (TPSA) is 105 Å². The van der Waals surface area contributed by atoms with E-state index in [-0.39, 0.29) is 6.04 Å². The molecule has 0 aromatic heterocycles. The quantitative estimate of drug-likeness (QED) is 0.604. The average Bonchev–Trinajstić information content (AvgIpc) is 2.12. The number of amides is 3. The summed E-state index contributed by atoms with van der Waals surface area (Å²) in [7, 11) is 0. The average molecular weight is 232 g/mol. The monoisotopic (exact) mass is 232 g/mol. The molecule has 7 nitrogen and oxygen atoms in total. The first-order valence-electron chi connectivity index (χ1n) is 4.77. The molecule has 0 aliphatic carbocycles. The third-order valence-corrected chi connectivity index (χ3v) is 1.48. The molecule has 7 heteroatoms. The van der Waals surface area contributed by atoms with E-state index < -0.39 is 30.6 Å². The van der Waals surface area contributed by atoms with Crippen molar-refractivity contribution in [3.8, 4) is 0 Å². The van der Waals surface area contributed by atoms with Crippen molar-refractivity contribution in [3.63, 3.8) is 0 Å². The SMILES string of the molecule is CC(C)NC(=O)NC(=O)CO[C@H](C)C(=O)O. The van der Waals surface area contributed by atoms with Crippen LogP contribution >= 0.6 is 0 Å². The van der Waals surface area contributed by atoms with Crippen LogP contribution in [0.2, 0.25) is 0 Å². The van der Waals surface area contributed by atoms with Crippen molar-refractivity contribution in [1.29, 1.82) is 0 Å². The normalized spacial score (nSPS) is 12.0. The summed E-state index contributed by atoms with van der Waals surface area (Å²) in [6.07, 6.45) is -1.08. The number of urea groups is 1. The zero-order valence-electron chi connectivity index (χ0n) is 9.44. The minimum absolute atomic E-state index is 0.0911. The van der Waals surface area contributed by atoms with Gasteiger partial charge < -0.3 is 15.2 Å². The molecule has 1 atom stereocenters. The molecule has 0 aliphatic heterocycles. The minimum atomic E-state index is -1.17. The first-order chi connectivity index (χ1) is 7.32. The van der Waals surface area contributed by atoms with E-state index >= 15 is 0 Å². The Morgan fingerprint density at radius 3 is 2.25 bits per heavy atom. The molecule has 0 aromatic carbocycles. The molecule has 0 saturated heterocycles. The van der Waals surface area contributed by atoms with Crippen LogP contribution in [0.1, 0.15) is 20.8 Å². The Kier molecular flexibility index (Phi) is 6.09. The number of rotatable bonds is 5. The number of carboxylic acids is 1. The summed E-state index contributed by atoms with van der Waals surface area (Å²) >= 11 is 0. The van der Waals surface area contributed by atoms with E-state index in [0.29, 0.717) is 0 Å². The molecule has 92 valence electrons. The van der Waals surface area contributed by atoms with E-state index in [1.165, 1.54) is 6.92 Å². The van der Waals surface area contributed by atoms with Gasteiger partial charge >= 0.3 is 12.0 Å². The van der Waals surface area contributed by atoms with Gasteiger partial charge in [0.2, 0.25) is 0 Å². The maximum Gasteiger partial charge on any atom is 0.332 e. The van der Waals surface area contributed by atoms with Gasteiger partial charge in [0, 0.05) is 6.04 Å². The number of hydrogen-bond donors (Lipinski definition) is 3. The second-order valence-electron chi connectivity index (χ2n) is 3.47. The number of carboxylic acid groups (broad SMARTS) is 1. The Bertz CT molecular complexity index is 277. The second kappa shape index (κ2) is 6.78. The van der Waals surface area contributed by atoms with E-state index in [9.17, 15) is 14.4 Å². The van der Waals surface area contributed by atoms with Crippen molar-refractivity contribution in [2.75, 3.05) is 6.61 Å². The standard InChI is InChI=1S/C9H16N2O5/c1-5(2)10-9(15)11-7(12)4-16-6(3)8(13)14/h5-6H,4H2,1-3H3,(H,13,14)(H2,10,11,12,15)/t6-/m1/s1. The number of imide groups is 1. The second-order valence-corrected chi connectivity index (χ2v) is 3.47.